The van der Waals surface area contributed by atoms with Crippen LogP contribution < -0.4 is 15.0 Å². The van der Waals surface area contributed by atoms with Gasteiger partial charge in [-0.2, -0.15) is 0 Å². The van der Waals surface area contributed by atoms with Crippen molar-refractivity contribution in [3.8, 4) is 5.75 Å². The van der Waals surface area contributed by atoms with Crippen LogP contribution >= 0.6 is 23.6 Å². The van der Waals surface area contributed by atoms with Crippen molar-refractivity contribution in [1.29, 1.82) is 0 Å². The summed E-state index contributed by atoms with van der Waals surface area (Å²) in [5.74, 6) is 0.938. The molecule has 1 aliphatic heterocycles. The van der Waals surface area contributed by atoms with Crippen molar-refractivity contribution >= 4 is 34.4 Å². The molecule has 3 heterocycles. The molecule has 0 unspecified atom stereocenters. The molecule has 0 spiro atoms. The van der Waals surface area contributed by atoms with Gasteiger partial charge in [0.25, 0.3) is 0 Å². The first-order chi connectivity index (χ1) is 14.3. The summed E-state index contributed by atoms with van der Waals surface area (Å²) in [5, 5.41) is 6.34. The second kappa shape index (κ2) is 8.13. The Labute approximate surface area is 180 Å². The van der Waals surface area contributed by atoms with E-state index in [1.165, 1.54) is 17.7 Å². The molecule has 5 rings (SSSR count). The Morgan fingerprint density at radius 1 is 1.03 bits per heavy atom. The van der Waals surface area contributed by atoms with Crippen LogP contribution in [0.5, 0.6) is 5.75 Å². The predicted octanol–water partition coefficient (Wildman–Crippen LogP) is 5.64. The van der Waals surface area contributed by atoms with Crippen molar-refractivity contribution < 1.29 is 4.74 Å². The van der Waals surface area contributed by atoms with Gasteiger partial charge in [-0.1, -0.05) is 12.1 Å². The van der Waals surface area contributed by atoms with Crippen molar-refractivity contribution in [3.05, 3.63) is 76.7 Å². The molecular formula is C23H23N3OS2. The summed E-state index contributed by atoms with van der Waals surface area (Å²) in [7, 11) is 0. The Bertz CT molecular complexity index is 954. The molecule has 4 nitrogen and oxygen atoms in total. The van der Waals surface area contributed by atoms with E-state index >= 15 is 0 Å². The molecule has 6 heteroatoms. The fourth-order valence-electron chi connectivity index (χ4n) is 4.27. The van der Waals surface area contributed by atoms with Crippen LogP contribution in [0.25, 0.3) is 0 Å². The number of hydrogen-bond donors (Lipinski definition) is 1. The van der Waals surface area contributed by atoms with Crippen LogP contribution in [0.2, 0.25) is 0 Å². The lowest BCUT2D eigenvalue weighted by molar-refractivity contribution is 0.210. The van der Waals surface area contributed by atoms with Crippen LogP contribution in [0.15, 0.2) is 66.2 Å². The SMILES string of the molecule is S=C1N[C@H](c2ccccn2)[C@H](c2cccs2)N1c1ccc(OC2CCCC2)cc1. The van der Waals surface area contributed by atoms with E-state index in [1.54, 1.807) is 11.3 Å². The summed E-state index contributed by atoms with van der Waals surface area (Å²) in [4.78, 5) is 8.06. The van der Waals surface area contributed by atoms with E-state index in [-0.39, 0.29) is 12.1 Å². The van der Waals surface area contributed by atoms with Gasteiger partial charge in [0, 0.05) is 16.8 Å². The smallest absolute Gasteiger partial charge is 0.174 e. The molecule has 0 amide bonds. The van der Waals surface area contributed by atoms with E-state index in [9.17, 15) is 0 Å². The Morgan fingerprint density at radius 3 is 2.55 bits per heavy atom. The maximum atomic E-state index is 6.13. The summed E-state index contributed by atoms with van der Waals surface area (Å²) in [6.45, 7) is 0. The quantitative estimate of drug-likeness (QED) is 0.540. The fraction of sp³-hybridized carbons (Fsp3) is 0.304. The minimum Gasteiger partial charge on any atom is -0.490 e. The topological polar surface area (TPSA) is 37.4 Å². The van der Waals surface area contributed by atoms with Gasteiger partial charge in [0.1, 0.15) is 5.75 Å². The van der Waals surface area contributed by atoms with Crippen molar-refractivity contribution in [2.24, 2.45) is 0 Å². The van der Waals surface area contributed by atoms with E-state index in [1.807, 2.05) is 18.3 Å². The molecule has 0 radical (unpaired) electrons. The molecule has 1 aromatic carbocycles. The number of rotatable bonds is 5. The van der Waals surface area contributed by atoms with Gasteiger partial charge in [0.15, 0.2) is 5.11 Å². The Kier molecular flexibility index (Phi) is 5.21. The van der Waals surface area contributed by atoms with Crippen LogP contribution in [-0.4, -0.2) is 16.2 Å². The largest absolute Gasteiger partial charge is 0.490 e. The second-order valence-electron chi connectivity index (χ2n) is 7.53. The van der Waals surface area contributed by atoms with Crippen molar-refractivity contribution in [2.45, 2.75) is 43.9 Å². The number of nitrogens with one attached hydrogen (secondary N) is 1. The highest BCUT2D eigenvalue weighted by molar-refractivity contribution is 7.80. The van der Waals surface area contributed by atoms with Crippen LogP contribution in [0.3, 0.4) is 0 Å². The van der Waals surface area contributed by atoms with E-state index in [0.29, 0.717) is 6.10 Å². The Hall–Kier alpha value is -2.44. The summed E-state index contributed by atoms with van der Waals surface area (Å²) in [5.41, 5.74) is 2.06. The van der Waals surface area contributed by atoms with Gasteiger partial charge in [0.05, 0.1) is 23.9 Å². The van der Waals surface area contributed by atoms with E-state index in [4.69, 9.17) is 17.0 Å². The normalized spacial score (nSPS) is 22.1. The summed E-state index contributed by atoms with van der Waals surface area (Å²) < 4.78 is 6.13. The Morgan fingerprint density at radius 2 is 1.86 bits per heavy atom. The number of hydrogen-bond acceptors (Lipinski definition) is 4. The predicted molar refractivity (Wildman–Crippen MR) is 122 cm³/mol. The highest BCUT2D eigenvalue weighted by atomic mass is 32.1. The number of pyridine rings is 1. The van der Waals surface area contributed by atoms with Gasteiger partial charge in [-0.25, -0.2) is 0 Å². The highest BCUT2D eigenvalue weighted by Gasteiger charge is 2.41. The number of ether oxygens (including phenoxy) is 1. The first-order valence-electron chi connectivity index (χ1n) is 10.1. The van der Waals surface area contributed by atoms with Gasteiger partial charge in [-0.3, -0.25) is 4.98 Å². The molecule has 2 aromatic heterocycles. The summed E-state index contributed by atoms with van der Waals surface area (Å²) in [6, 6.07) is 18.7. The standard InChI is InChI=1S/C23H23N3OS2/c28-23-25-21(19-8-3-4-14-24-19)22(20-9-5-15-29-20)26(23)16-10-12-18(13-11-16)27-17-6-1-2-7-17/h3-5,8-15,17,21-22H,1-2,6-7H2,(H,25,28)/t21-,22+/m1/s1. The third kappa shape index (κ3) is 3.74. The molecule has 1 N–H and O–H groups in total. The number of aromatic nitrogens is 1. The lowest BCUT2D eigenvalue weighted by atomic mass is 10.0. The number of thiocarbonyl (C=S) groups is 1. The maximum Gasteiger partial charge on any atom is 0.174 e. The molecule has 148 valence electrons. The van der Waals surface area contributed by atoms with Gasteiger partial charge in [0.2, 0.25) is 0 Å². The molecule has 1 saturated carbocycles. The second-order valence-corrected chi connectivity index (χ2v) is 8.90. The number of benzene rings is 1. The van der Waals surface area contributed by atoms with Crippen LogP contribution in [0.4, 0.5) is 5.69 Å². The van der Waals surface area contributed by atoms with E-state index < -0.39 is 0 Å². The van der Waals surface area contributed by atoms with Gasteiger partial charge in [-0.05, 0) is 85.7 Å². The molecule has 2 aliphatic rings. The monoisotopic (exact) mass is 421 g/mol. The molecule has 1 aliphatic carbocycles. The minimum absolute atomic E-state index is 0.0109. The van der Waals surface area contributed by atoms with Gasteiger partial charge >= 0.3 is 0 Å². The first kappa shape index (κ1) is 18.6. The average molecular weight is 422 g/mol. The third-order valence-electron chi connectivity index (χ3n) is 5.65. The molecule has 0 bridgehead atoms. The third-order valence-corrected chi connectivity index (χ3v) is 6.91. The van der Waals surface area contributed by atoms with Crippen molar-refractivity contribution in [3.63, 3.8) is 0 Å². The van der Waals surface area contributed by atoms with Crippen molar-refractivity contribution in [1.82, 2.24) is 10.3 Å². The van der Waals surface area contributed by atoms with E-state index in [2.05, 4.69) is 63.0 Å². The molecular weight excluding hydrogens is 398 g/mol. The lowest BCUT2D eigenvalue weighted by Gasteiger charge is -2.27. The van der Waals surface area contributed by atoms with Gasteiger partial charge < -0.3 is 15.0 Å². The number of thiophene rings is 1. The zero-order chi connectivity index (χ0) is 19.6. The highest BCUT2D eigenvalue weighted by Crippen LogP contribution is 2.43. The molecule has 29 heavy (non-hydrogen) atoms. The maximum absolute atomic E-state index is 6.13. The fourth-order valence-corrected chi connectivity index (χ4v) is 5.46. The minimum atomic E-state index is 0.0109. The van der Waals surface area contributed by atoms with Crippen LogP contribution in [-0.2, 0) is 0 Å². The lowest BCUT2D eigenvalue weighted by Crippen LogP contribution is -2.29. The first-order valence-corrected chi connectivity index (χ1v) is 11.4. The molecule has 3 aromatic rings. The zero-order valence-corrected chi connectivity index (χ0v) is 17.7. The van der Waals surface area contributed by atoms with E-state index in [0.717, 1.165) is 35.1 Å². The Balaban J connectivity index is 1.45. The van der Waals surface area contributed by atoms with Crippen LogP contribution in [0, 0.1) is 0 Å². The molecule has 1 saturated heterocycles. The average Bonchev–Trinajstić information content (AvgIpc) is 3.50. The summed E-state index contributed by atoms with van der Waals surface area (Å²) in [6.07, 6.45) is 7.07. The van der Waals surface area contributed by atoms with Crippen molar-refractivity contribution in [2.75, 3.05) is 4.90 Å². The molecule has 2 atom stereocenters. The number of nitrogens with zero attached hydrogens (tertiary/aromatic N) is 2. The van der Waals surface area contributed by atoms with Gasteiger partial charge in [-0.15, -0.1) is 11.3 Å². The molecule has 2 fully saturated rings. The zero-order valence-electron chi connectivity index (χ0n) is 16.0. The van der Waals surface area contributed by atoms with Crippen LogP contribution in [0.1, 0.15) is 48.3 Å². The summed E-state index contributed by atoms with van der Waals surface area (Å²) >= 11 is 7.51. The number of anilines is 1.